The fraction of sp³-hybridized carbons (Fsp3) is 0.409. The van der Waals surface area contributed by atoms with Crippen molar-refractivity contribution in [2.24, 2.45) is 5.73 Å². The normalized spacial score (nSPS) is 11.9. The van der Waals surface area contributed by atoms with E-state index in [1.165, 1.54) is 5.56 Å². The van der Waals surface area contributed by atoms with Crippen molar-refractivity contribution >= 4 is 41.8 Å². The number of halogens is 2. The van der Waals surface area contributed by atoms with Crippen LogP contribution in [-0.2, 0) is 0 Å². The van der Waals surface area contributed by atoms with Gasteiger partial charge >= 0.3 is 0 Å². The van der Waals surface area contributed by atoms with E-state index >= 15 is 0 Å². The molecule has 3 rings (SSSR count). The van der Waals surface area contributed by atoms with Gasteiger partial charge in [-0.05, 0) is 43.9 Å². The Labute approximate surface area is 190 Å². The molecule has 0 aliphatic rings. The number of hydrogen-bond acceptors (Lipinski definition) is 4. The Morgan fingerprint density at radius 2 is 1.70 bits per heavy atom. The Hall–Kier alpha value is -2.15. The summed E-state index contributed by atoms with van der Waals surface area (Å²) in [5, 5.41) is 8.17. The van der Waals surface area contributed by atoms with E-state index in [9.17, 15) is 4.79 Å². The van der Waals surface area contributed by atoms with Crippen LogP contribution in [0.5, 0.6) is 0 Å². The molecule has 0 bridgehead atoms. The lowest BCUT2D eigenvalue weighted by Crippen LogP contribution is -2.32. The predicted molar refractivity (Wildman–Crippen MR) is 127 cm³/mol. The standard InChI is InChI=1S/C22H29N5O.2ClH/c1-13(2)16-6-8-17(9-7-16)20(23)12-24-22(28)19-10-18-11-25-27(14(3)4)21(18)26-15(19)5;;/h6-11,13-14,20H,12,23H2,1-5H3,(H,24,28);2*1H. The number of aryl methyl sites for hydroxylation is 1. The van der Waals surface area contributed by atoms with Crippen LogP contribution in [0.2, 0.25) is 0 Å². The Kier molecular flexibility index (Phi) is 9.28. The fourth-order valence-corrected chi connectivity index (χ4v) is 3.22. The van der Waals surface area contributed by atoms with E-state index in [2.05, 4.69) is 55.2 Å². The first-order valence-corrected chi connectivity index (χ1v) is 9.76. The Bertz CT molecular complexity index is 983. The molecule has 1 aromatic carbocycles. The molecule has 2 aromatic heterocycles. The highest BCUT2D eigenvalue weighted by Gasteiger charge is 2.16. The van der Waals surface area contributed by atoms with Crippen LogP contribution in [-0.4, -0.2) is 27.2 Å². The van der Waals surface area contributed by atoms with Crippen LogP contribution in [0.25, 0.3) is 11.0 Å². The summed E-state index contributed by atoms with van der Waals surface area (Å²) >= 11 is 0. The molecule has 1 amide bonds. The zero-order chi connectivity index (χ0) is 20.4. The van der Waals surface area contributed by atoms with Crippen molar-refractivity contribution in [3.05, 3.63) is 58.9 Å². The van der Waals surface area contributed by atoms with Crippen molar-refractivity contribution in [3.8, 4) is 0 Å². The molecule has 164 valence electrons. The number of amides is 1. The minimum absolute atomic E-state index is 0. The zero-order valence-corrected chi connectivity index (χ0v) is 19.7. The molecule has 30 heavy (non-hydrogen) atoms. The molecule has 0 spiro atoms. The van der Waals surface area contributed by atoms with Crippen molar-refractivity contribution in [2.45, 2.75) is 52.6 Å². The molecule has 8 heteroatoms. The van der Waals surface area contributed by atoms with Crippen LogP contribution in [0.1, 0.15) is 72.9 Å². The van der Waals surface area contributed by atoms with Gasteiger partial charge in [-0.1, -0.05) is 38.1 Å². The minimum atomic E-state index is -0.258. The number of benzene rings is 1. The van der Waals surface area contributed by atoms with Gasteiger partial charge in [0.05, 0.1) is 17.5 Å². The highest BCUT2D eigenvalue weighted by Crippen LogP contribution is 2.20. The molecule has 1 unspecified atom stereocenters. The maximum absolute atomic E-state index is 12.7. The second-order valence-corrected chi connectivity index (χ2v) is 7.85. The van der Waals surface area contributed by atoms with Crippen LogP contribution >= 0.6 is 24.8 Å². The molecule has 3 aromatic rings. The summed E-state index contributed by atoms with van der Waals surface area (Å²) in [5.41, 5.74) is 10.6. The van der Waals surface area contributed by atoms with E-state index in [0.29, 0.717) is 23.7 Å². The Balaban J connectivity index is 0.00000225. The number of carbonyl (C=O) groups excluding carboxylic acids is 1. The third-order valence-electron chi connectivity index (χ3n) is 5.01. The van der Waals surface area contributed by atoms with E-state index in [1.54, 1.807) is 6.20 Å². The van der Waals surface area contributed by atoms with Gasteiger partial charge in [0.15, 0.2) is 5.65 Å². The van der Waals surface area contributed by atoms with E-state index < -0.39 is 0 Å². The quantitative estimate of drug-likeness (QED) is 0.567. The van der Waals surface area contributed by atoms with Crippen LogP contribution in [0.3, 0.4) is 0 Å². The van der Waals surface area contributed by atoms with Gasteiger partial charge in [0, 0.05) is 24.0 Å². The summed E-state index contributed by atoms with van der Waals surface area (Å²) in [5.74, 6) is 0.314. The van der Waals surface area contributed by atoms with Crippen LogP contribution < -0.4 is 11.1 Å². The summed E-state index contributed by atoms with van der Waals surface area (Å²) in [6.45, 7) is 10.6. The molecule has 1 atom stereocenters. The number of aromatic nitrogens is 3. The van der Waals surface area contributed by atoms with Gasteiger partial charge in [0.25, 0.3) is 5.91 Å². The molecule has 0 aliphatic heterocycles. The molecular weight excluding hydrogens is 421 g/mol. The number of hydrogen-bond donors (Lipinski definition) is 2. The van der Waals surface area contributed by atoms with Crippen LogP contribution in [0, 0.1) is 6.92 Å². The first kappa shape index (κ1) is 25.9. The van der Waals surface area contributed by atoms with Gasteiger partial charge in [0.1, 0.15) is 0 Å². The molecule has 2 heterocycles. The Morgan fingerprint density at radius 3 is 2.27 bits per heavy atom. The molecule has 3 N–H and O–H groups in total. The third kappa shape index (κ3) is 5.50. The maximum Gasteiger partial charge on any atom is 0.253 e. The van der Waals surface area contributed by atoms with Crippen molar-refractivity contribution in [1.29, 1.82) is 0 Å². The largest absolute Gasteiger partial charge is 0.350 e. The summed E-state index contributed by atoms with van der Waals surface area (Å²) in [7, 11) is 0. The molecule has 0 saturated carbocycles. The number of nitrogens with two attached hydrogens (primary N) is 1. The van der Waals surface area contributed by atoms with Crippen molar-refractivity contribution in [1.82, 2.24) is 20.1 Å². The zero-order valence-electron chi connectivity index (χ0n) is 18.0. The lowest BCUT2D eigenvalue weighted by molar-refractivity contribution is 0.0950. The number of nitrogens with one attached hydrogen (secondary N) is 1. The highest BCUT2D eigenvalue weighted by atomic mass is 35.5. The number of carbonyl (C=O) groups is 1. The maximum atomic E-state index is 12.7. The van der Waals surface area contributed by atoms with Gasteiger partial charge in [0.2, 0.25) is 0 Å². The average Bonchev–Trinajstić information content (AvgIpc) is 3.08. The lowest BCUT2D eigenvalue weighted by atomic mass is 9.99. The van der Waals surface area contributed by atoms with Gasteiger partial charge in [-0.3, -0.25) is 4.79 Å². The lowest BCUT2D eigenvalue weighted by Gasteiger charge is -2.15. The predicted octanol–water partition coefficient (Wildman–Crippen LogP) is 4.72. The second kappa shape index (κ2) is 10.8. The van der Waals surface area contributed by atoms with Crippen molar-refractivity contribution in [2.75, 3.05) is 6.54 Å². The number of nitrogens with zero attached hydrogens (tertiary/aromatic N) is 3. The van der Waals surface area contributed by atoms with Crippen LogP contribution in [0.4, 0.5) is 0 Å². The first-order valence-electron chi connectivity index (χ1n) is 9.76. The van der Waals surface area contributed by atoms with E-state index in [4.69, 9.17) is 5.73 Å². The number of rotatable bonds is 6. The smallest absolute Gasteiger partial charge is 0.253 e. The summed E-state index contributed by atoms with van der Waals surface area (Å²) < 4.78 is 1.86. The summed E-state index contributed by atoms with van der Waals surface area (Å²) in [4.78, 5) is 17.3. The molecule has 0 saturated heterocycles. The van der Waals surface area contributed by atoms with Crippen molar-refractivity contribution in [3.63, 3.8) is 0 Å². The number of pyridine rings is 1. The first-order chi connectivity index (χ1) is 13.3. The fourth-order valence-electron chi connectivity index (χ4n) is 3.22. The molecular formula is C22H31Cl2N5O. The summed E-state index contributed by atoms with van der Waals surface area (Å²) in [6.07, 6.45) is 1.75. The molecule has 6 nitrogen and oxygen atoms in total. The van der Waals surface area contributed by atoms with Crippen LogP contribution in [0.15, 0.2) is 36.5 Å². The topological polar surface area (TPSA) is 85.8 Å². The molecule has 0 radical (unpaired) electrons. The highest BCUT2D eigenvalue weighted by molar-refractivity contribution is 5.98. The minimum Gasteiger partial charge on any atom is -0.350 e. The Morgan fingerprint density at radius 1 is 1.10 bits per heavy atom. The third-order valence-corrected chi connectivity index (χ3v) is 5.01. The monoisotopic (exact) mass is 451 g/mol. The SMILES string of the molecule is Cc1nc2c(cnn2C(C)C)cc1C(=O)NCC(N)c1ccc(C(C)C)cc1.Cl.Cl. The van der Waals surface area contributed by atoms with Crippen molar-refractivity contribution < 1.29 is 4.79 Å². The van der Waals surface area contributed by atoms with E-state index in [-0.39, 0.29) is 42.8 Å². The summed E-state index contributed by atoms with van der Waals surface area (Å²) in [6, 6.07) is 10.1. The van der Waals surface area contributed by atoms with E-state index in [0.717, 1.165) is 16.6 Å². The molecule has 0 fully saturated rings. The average molecular weight is 452 g/mol. The number of fused-ring (bicyclic) bond motifs is 1. The van der Waals surface area contributed by atoms with Gasteiger partial charge in [-0.2, -0.15) is 5.10 Å². The second-order valence-electron chi connectivity index (χ2n) is 7.85. The van der Waals surface area contributed by atoms with E-state index in [1.807, 2.05) is 29.8 Å². The molecule has 0 aliphatic carbocycles. The van der Waals surface area contributed by atoms with Gasteiger partial charge in [-0.25, -0.2) is 9.67 Å². The van der Waals surface area contributed by atoms with Gasteiger partial charge in [-0.15, -0.1) is 24.8 Å². The van der Waals surface area contributed by atoms with Gasteiger partial charge < -0.3 is 11.1 Å².